The van der Waals surface area contributed by atoms with E-state index in [1.165, 1.54) is 10.6 Å². The summed E-state index contributed by atoms with van der Waals surface area (Å²) in [5, 5.41) is 9.03. The predicted octanol–water partition coefficient (Wildman–Crippen LogP) is -0.0973. The van der Waals surface area contributed by atoms with Crippen LogP contribution in [0.3, 0.4) is 0 Å². The van der Waals surface area contributed by atoms with E-state index in [2.05, 4.69) is 0 Å². The van der Waals surface area contributed by atoms with E-state index in [4.69, 9.17) is 10.8 Å². The van der Waals surface area contributed by atoms with Crippen LogP contribution in [0.4, 0.5) is 0 Å². The smallest absolute Gasteiger partial charge is 0.292 e. The largest absolute Gasteiger partial charge is 0.503 e. The minimum Gasteiger partial charge on any atom is -0.503 e. The van der Waals surface area contributed by atoms with Crippen LogP contribution in [0, 0.1) is 0 Å². The molecule has 1 heterocycles. The minimum atomic E-state index is -0.356. The van der Waals surface area contributed by atoms with E-state index in [-0.39, 0.29) is 11.3 Å². The van der Waals surface area contributed by atoms with Gasteiger partial charge < -0.3 is 15.4 Å². The van der Waals surface area contributed by atoms with Gasteiger partial charge in [0.15, 0.2) is 5.75 Å². The van der Waals surface area contributed by atoms with E-state index in [0.29, 0.717) is 13.1 Å². The molecule has 4 heteroatoms. The molecule has 0 aliphatic carbocycles. The molecule has 0 spiro atoms. The number of nitrogens with zero attached hydrogens (tertiary/aromatic N) is 1. The van der Waals surface area contributed by atoms with Crippen LogP contribution in [0.2, 0.25) is 0 Å². The molecule has 0 aliphatic rings. The first-order valence-corrected chi connectivity index (χ1v) is 3.84. The first-order chi connectivity index (χ1) is 5.75. The first kappa shape index (κ1) is 8.80. The normalized spacial score (nSPS) is 10.1. The van der Waals surface area contributed by atoms with E-state index in [9.17, 15) is 4.79 Å². The molecule has 0 saturated heterocycles. The average molecular weight is 168 g/mol. The molecule has 3 N–H and O–H groups in total. The van der Waals surface area contributed by atoms with Crippen molar-refractivity contribution in [3.8, 4) is 5.75 Å². The van der Waals surface area contributed by atoms with Crippen molar-refractivity contribution >= 4 is 0 Å². The monoisotopic (exact) mass is 168 g/mol. The molecule has 0 aliphatic heterocycles. The van der Waals surface area contributed by atoms with Gasteiger partial charge in [-0.3, -0.25) is 4.79 Å². The second-order valence-electron chi connectivity index (χ2n) is 2.53. The number of rotatable bonds is 3. The van der Waals surface area contributed by atoms with Gasteiger partial charge in [-0.05, 0) is 25.1 Å². The molecular weight excluding hydrogens is 156 g/mol. The highest BCUT2D eigenvalue weighted by Crippen LogP contribution is 1.97. The van der Waals surface area contributed by atoms with E-state index >= 15 is 0 Å². The van der Waals surface area contributed by atoms with E-state index in [0.717, 1.165) is 6.42 Å². The summed E-state index contributed by atoms with van der Waals surface area (Å²) in [6.45, 7) is 1.10. The molecule has 66 valence electrons. The standard InChI is InChI=1S/C8H12N2O2/c9-4-2-6-10-5-1-3-7(11)8(10)12/h1,3,5,11H,2,4,6,9H2. The Hall–Kier alpha value is -1.29. The lowest BCUT2D eigenvalue weighted by atomic mass is 10.4. The molecule has 0 atom stereocenters. The zero-order valence-corrected chi connectivity index (χ0v) is 6.73. The Bertz CT molecular complexity index is 306. The van der Waals surface area contributed by atoms with Crippen LogP contribution in [0.15, 0.2) is 23.1 Å². The second kappa shape index (κ2) is 3.92. The number of hydrogen-bond donors (Lipinski definition) is 2. The SMILES string of the molecule is NCCCn1cccc(O)c1=O. The van der Waals surface area contributed by atoms with Crippen molar-refractivity contribution in [1.82, 2.24) is 4.57 Å². The highest BCUT2D eigenvalue weighted by molar-refractivity contribution is 5.14. The highest BCUT2D eigenvalue weighted by atomic mass is 16.3. The van der Waals surface area contributed by atoms with Crippen LogP contribution in [0.25, 0.3) is 0 Å². The molecule has 0 saturated carbocycles. The number of nitrogens with two attached hydrogens (primary N) is 1. The first-order valence-electron chi connectivity index (χ1n) is 3.84. The molecule has 0 amide bonds. The topological polar surface area (TPSA) is 68.2 Å². The summed E-state index contributed by atoms with van der Waals surface area (Å²) in [6.07, 6.45) is 2.38. The van der Waals surface area contributed by atoms with Crippen LogP contribution >= 0.6 is 0 Å². The van der Waals surface area contributed by atoms with Crippen molar-refractivity contribution in [3.05, 3.63) is 28.7 Å². The minimum absolute atomic E-state index is 0.213. The summed E-state index contributed by atoms with van der Waals surface area (Å²) in [4.78, 5) is 11.1. The van der Waals surface area contributed by atoms with E-state index in [1.54, 1.807) is 12.3 Å². The number of aryl methyl sites for hydroxylation is 1. The molecule has 0 aromatic carbocycles. The Balaban J connectivity index is 2.85. The fourth-order valence-electron chi connectivity index (χ4n) is 0.962. The van der Waals surface area contributed by atoms with Gasteiger partial charge in [-0.2, -0.15) is 0 Å². The third-order valence-electron chi connectivity index (χ3n) is 1.60. The molecule has 0 unspecified atom stereocenters. The van der Waals surface area contributed by atoms with Gasteiger partial charge >= 0.3 is 0 Å². The number of pyridine rings is 1. The highest BCUT2D eigenvalue weighted by Gasteiger charge is 1.98. The van der Waals surface area contributed by atoms with Gasteiger partial charge in [0.1, 0.15) is 0 Å². The molecule has 12 heavy (non-hydrogen) atoms. The maximum absolute atomic E-state index is 11.1. The molecule has 1 rings (SSSR count). The Kier molecular flexibility index (Phi) is 2.88. The van der Waals surface area contributed by atoms with Crippen LogP contribution < -0.4 is 11.3 Å². The predicted molar refractivity (Wildman–Crippen MR) is 46.0 cm³/mol. The quantitative estimate of drug-likeness (QED) is 0.662. The van der Waals surface area contributed by atoms with Crippen molar-refractivity contribution in [1.29, 1.82) is 0 Å². The van der Waals surface area contributed by atoms with Crippen LogP contribution in [0.1, 0.15) is 6.42 Å². The van der Waals surface area contributed by atoms with Crippen LogP contribution in [-0.4, -0.2) is 16.2 Å². The summed E-state index contributed by atoms with van der Waals surface area (Å²) >= 11 is 0. The summed E-state index contributed by atoms with van der Waals surface area (Å²) in [5.41, 5.74) is 4.93. The van der Waals surface area contributed by atoms with Crippen LogP contribution in [0.5, 0.6) is 5.75 Å². The third kappa shape index (κ3) is 1.85. The zero-order valence-electron chi connectivity index (χ0n) is 6.73. The second-order valence-corrected chi connectivity index (χ2v) is 2.53. The fourth-order valence-corrected chi connectivity index (χ4v) is 0.962. The lowest BCUT2D eigenvalue weighted by Gasteiger charge is -2.03. The van der Waals surface area contributed by atoms with Crippen molar-refractivity contribution in [3.63, 3.8) is 0 Å². The van der Waals surface area contributed by atoms with E-state index < -0.39 is 0 Å². The molecule has 4 nitrogen and oxygen atoms in total. The van der Waals surface area contributed by atoms with Gasteiger partial charge in [0, 0.05) is 12.7 Å². The van der Waals surface area contributed by atoms with Gasteiger partial charge in [0.25, 0.3) is 5.56 Å². The molecule has 1 aromatic rings. The maximum Gasteiger partial charge on any atom is 0.292 e. The molecule has 1 aromatic heterocycles. The number of aromatic hydroxyl groups is 1. The van der Waals surface area contributed by atoms with Crippen molar-refractivity contribution in [2.45, 2.75) is 13.0 Å². The van der Waals surface area contributed by atoms with Crippen molar-refractivity contribution in [2.24, 2.45) is 5.73 Å². The molecule has 0 radical (unpaired) electrons. The van der Waals surface area contributed by atoms with Gasteiger partial charge in [0.2, 0.25) is 0 Å². The number of hydrogen-bond acceptors (Lipinski definition) is 3. The van der Waals surface area contributed by atoms with E-state index in [1.807, 2.05) is 0 Å². The van der Waals surface area contributed by atoms with Gasteiger partial charge in [-0.15, -0.1) is 0 Å². The molecule has 0 fully saturated rings. The lowest BCUT2D eigenvalue weighted by molar-refractivity contribution is 0.455. The lowest BCUT2D eigenvalue weighted by Crippen LogP contribution is -2.19. The Labute approximate surface area is 70.3 Å². The zero-order chi connectivity index (χ0) is 8.97. The summed E-state index contributed by atoms with van der Waals surface area (Å²) in [6, 6.07) is 3.01. The van der Waals surface area contributed by atoms with Crippen molar-refractivity contribution in [2.75, 3.05) is 6.54 Å². The summed E-state index contributed by atoms with van der Waals surface area (Å²) in [7, 11) is 0. The Morgan fingerprint density at radius 1 is 1.58 bits per heavy atom. The average Bonchev–Trinajstić information content (AvgIpc) is 2.08. The van der Waals surface area contributed by atoms with Crippen molar-refractivity contribution < 1.29 is 5.11 Å². The summed E-state index contributed by atoms with van der Waals surface area (Å²) in [5.74, 6) is -0.213. The van der Waals surface area contributed by atoms with Gasteiger partial charge in [-0.1, -0.05) is 0 Å². The number of aromatic nitrogens is 1. The van der Waals surface area contributed by atoms with Crippen LogP contribution in [-0.2, 0) is 6.54 Å². The molecule has 0 bridgehead atoms. The molecular formula is C8H12N2O2. The maximum atomic E-state index is 11.1. The Morgan fingerprint density at radius 3 is 3.00 bits per heavy atom. The van der Waals surface area contributed by atoms with Gasteiger partial charge in [0.05, 0.1) is 0 Å². The Morgan fingerprint density at radius 2 is 2.33 bits per heavy atom. The third-order valence-corrected chi connectivity index (χ3v) is 1.60. The fraction of sp³-hybridized carbons (Fsp3) is 0.375. The van der Waals surface area contributed by atoms with Gasteiger partial charge in [-0.25, -0.2) is 0 Å². The summed E-state index contributed by atoms with van der Waals surface area (Å²) < 4.78 is 1.45.